The standard InChI is InChI=1S/C38H72N2O12.C22H43N5O13.C17H18FN3O3/c1-15-27-38(10,46)31(42)24(6)40(13)19-20(2)17-36(8,45)33(52-35-29(41)26(39(11)12)16-21(3)48-35)22(4)30(23(5)34(44)50-27)51-28-18-37(9,47-14)32(43)25(7)49-28;23-2-1-8(29)20(36)27-7-3-6(25)18(39-22-16(34)15(33)13(31)9(4-24)37-22)17(35)19(7)40-21-14(32)11(26)12(30)10(5-28)38-21;18-13-7-11-14(8-15(13)20-5-3-19-4-6-20)21(10-1-2-10)9-12(16(11)22)17(23)24/h20-33,35,41-43,45-46H,15-19H2,1-14H3;6-19,21-22,28-35H,1-5,23-26H2,(H,27,36);7-10,19H,1-6H2,(H,23,24)/t20-,21-,22+,23-,24-,25+,26+,27-,28+,29-,30+,31-,32+,33-,35+,36-,37-,38-;6-,7+,8-,9+,10+,11-,12+,13+,14+,15-,16+,17-,18+,19-,21+,22+;/m10./s1. The number of nitrogens with one attached hydrogen (secondary N) is 2. The number of methoxy groups -OCH3 is 1. The van der Waals surface area contributed by atoms with E-state index < -0.39 is 224 Å². The maximum Gasteiger partial charge on any atom is 0.341 e. The number of ether oxygens (including phenoxy) is 10. The van der Waals surface area contributed by atoms with E-state index in [1.165, 1.54) is 26.3 Å². The first-order chi connectivity index (χ1) is 54.3. The molecule has 0 radical (unpaired) electrons. The van der Waals surface area contributed by atoms with Crippen LogP contribution in [0.4, 0.5) is 10.1 Å². The summed E-state index contributed by atoms with van der Waals surface area (Å²) in [6.07, 6.45) is -24.7. The number of pyridine rings is 1. The molecule has 8 fully saturated rings. The molecule has 39 heteroatoms. The largest absolute Gasteiger partial charge is 0.477 e. The number of carboxylic acids is 1. The van der Waals surface area contributed by atoms with Crippen molar-refractivity contribution in [1.29, 1.82) is 0 Å². The number of aromatic nitrogens is 1. The molecule has 666 valence electrons. The molecule has 0 unspecified atom stereocenters. The van der Waals surface area contributed by atoms with E-state index in [0.717, 1.165) is 25.9 Å². The predicted molar refractivity (Wildman–Crippen MR) is 414 cm³/mol. The van der Waals surface area contributed by atoms with Crippen LogP contribution in [0.25, 0.3) is 10.9 Å². The van der Waals surface area contributed by atoms with Crippen LogP contribution in [-0.4, -0.2) is 373 Å². The first-order valence-electron chi connectivity index (χ1n) is 40.3. The molecule has 1 aromatic carbocycles. The Balaban J connectivity index is 0.000000231. The van der Waals surface area contributed by atoms with Gasteiger partial charge in [0, 0.05) is 94.5 Å². The van der Waals surface area contributed by atoms with E-state index >= 15 is 0 Å². The highest BCUT2D eigenvalue weighted by Gasteiger charge is 2.56. The third kappa shape index (κ3) is 22.2. The molecule has 6 aliphatic heterocycles. The van der Waals surface area contributed by atoms with Crippen LogP contribution in [-0.2, 0) is 57.0 Å². The number of hydrogen-bond acceptors (Lipinski definition) is 35. The zero-order valence-corrected chi connectivity index (χ0v) is 69.0. The Labute approximate surface area is 675 Å². The molecule has 116 heavy (non-hydrogen) atoms. The van der Waals surface area contributed by atoms with E-state index in [4.69, 9.17) is 70.3 Å². The summed E-state index contributed by atoms with van der Waals surface area (Å²) in [7, 11) is 7.12. The maximum absolute atomic E-state index is 14.6. The van der Waals surface area contributed by atoms with Crippen molar-refractivity contribution in [3.8, 4) is 0 Å². The van der Waals surface area contributed by atoms with Gasteiger partial charge in [0.1, 0.15) is 109 Å². The number of likely N-dealkylation sites (N-methyl/N-ethyl adjacent to an activating group) is 2. The number of carbonyl (C=O) groups is 3. The van der Waals surface area contributed by atoms with Gasteiger partial charge in [0.05, 0.1) is 71.4 Å². The van der Waals surface area contributed by atoms with Crippen molar-refractivity contribution in [3.63, 3.8) is 0 Å². The summed E-state index contributed by atoms with van der Waals surface area (Å²) in [6.45, 7) is 20.1. The Morgan fingerprint density at radius 2 is 1.40 bits per heavy atom. The van der Waals surface area contributed by atoms with E-state index in [1.54, 1.807) is 47.6 Å². The molecule has 0 bridgehead atoms. The fourth-order valence-electron chi connectivity index (χ4n) is 17.1. The van der Waals surface area contributed by atoms with Crippen LogP contribution in [0.3, 0.4) is 0 Å². The quantitative estimate of drug-likeness (QED) is 0.0552. The summed E-state index contributed by atoms with van der Waals surface area (Å²) in [5, 5.41) is 156. The fraction of sp³-hybridized carbons (Fsp3) is 0.844. The fourth-order valence-corrected chi connectivity index (χ4v) is 17.1. The third-order valence-corrected chi connectivity index (χ3v) is 24.4. The third-order valence-electron chi connectivity index (χ3n) is 24.4. The number of halogens is 1. The number of carboxylic acid groups (broad SMARTS) is 1. The summed E-state index contributed by atoms with van der Waals surface area (Å²) in [4.78, 5) is 56.3. The molecule has 6 saturated heterocycles. The number of anilines is 1. The van der Waals surface area contributed by atoms with Gasteiger partial charge < -0.3 is 172 Å². The topological polar surface area (TPSA) is 587 Å². The van der Waals surface area contributed by atoms with Crippen LogP contribution in [0.1, 0.15) is 137 Å². The average molecular weight is 1670 g/mol. The number of aliphatic hydroxyl groups excluding tert-OH is 11. The summed E-state index contributed by atoms with van der Waals surface area (Å²) in [5.41, 5.74) is 18.9. The lowest BCUT2D eigenvalue weighted by Crippen LogP contribution is -2.69. The van der Waals surface area contributed by atoms with E-state index in [9.17, 15) is 95.1 Å². The number of hydrogen-bond donors (Lipinski definition) is 20. The summed E-state index contributed by atoms with van der Waals surface area (Å²) >= 11 is 0. The number of benzene rings is 1. The number of fused-ring (bicyclic) bond motifs is 1. The van der Waals surface area contributed by atoms with E-state index in [2.05, 4.69) is 10.6 Å². The van der Waals surface area contributed by atoms with Crippen LogP contribution in [0.5, 0.6) is 0 Å². The normalized spacial score (nSPS) is 42.2. The lowest BCUT2D eigenvalue weighted by atomic mass is 9.77. The molecule has 24 N–H and O–H groups in total. The Morgan fingerprint density at radius 1 is 0.776 bits per heavy atom. The number of aliphatic hydroxyl groups is 13. The Kier molecular flexibility index (Phi) is 34.3. The Bertz CT molecular complexity index is 3550. The molecular formula is C77H133FN10O28. The molecule has 1 amide bonds. The number of rotatable bonds is 20. The number of piperazine rings is 1. The lowest BCUT2D eigenvalue weighted by Gasteiger charge is -2.49. The second-order valence-corrected chi connectivity index (χ2v) is 33.9. The van der Waals surface area contributed by atoms with Gasteiger partial charge in [0.15, 0.2) is 25.2 Å². The highest BCUT2D eigenvalue weighted by molar-refractivity contribution is 5.93. The minimum absolute atomic E-state index is 0.0101. The van der Waals surface area contributed by atoms with Gasteiger partial charge in [-0.1, -0.05) is 20.8 Å². The van der Waals surface area contributed by atoms with E-state index in [-0.39, 0.29) is 80.2 Å². The number of nitrogens with two attached hydrogens (primary N) is 4. The molecule has 0 spiro atoms. The van der Waals surface area contributed by atoms with Gasteiger partial charge in [-0.2, -0.15) is 0 Å². The number of nitrogens with zero attached hydrogens (tertiary/aromatic N) is 4. The van der Waals surface area contributed by atoms with Crippen LogP contribution < -0.4 is 43.9 Å². The minimum Gasteiger partial charge on any atom is -0.477 e. The highest BCUT2D eigenvalue weighted by atomic mass is 19.1. The molecule has 10 rings (SSSR count). The van der Waals surface area contributed by atoms with Crippen molar-refractivity contribution in [1.82, 2.24) is 25.0 Å². The summed E-state index contributed by atoms with van der Waals surface area (Å²) in [6, 6.07) is -1.18. The maximum atomic E-state index is 14.6. The van der Waals surface area contributed by atoms with Crippen LogP contribution in [0.2, 0.25) is 0 Å². The second kappa shape index (κ2) is 41.1. The van der Waals surface area contributed by atoms with Gasteiger partial charge in [-0.3, -0.25) is 14.4 Å². The van der Waals surface area contributed by atoms with Gasteiger partial charge in [-0.15, -0.1) is 0 Å². The zero-order valence-electron chi connectivity index (χ0n) is 69.0. The molecule has 1 aromatic heterocycles. The van der Waals surface area contributed by atoms with Crippen LogP contribution >= 0.6 is 0 Å². The van der Waals surface area contributed by atoms with Crippen molar-refractivity contribution in [3.05, 3.63) is 39.9 Å². The van der Waals surface area contributed by atoms with E-state index in [1.807, 2.05) is 61.2 Å². The van der Waals surface area contributed by atoms with Gasteiger partial charge in [-0.05, 0) is 139 Å². The summed E-state index contributed by atoms with van der Waals surface area (Å²) < 4.78 is 76.5. The van der Waals surface area contributed by atoms with Gasteiger partial charge in [0.25, 0.3) is 0 Å². The monoisotopic (exact) mass is 1660 g/mol. The number of aromatic carboxylic acids is 1. The molecule has 2 saturated carbocycles. The van der Waals surface area contributed by atoms with Crippen molar-refractivity contribution >= 4 is 34.4 Å². The number of cyclic esters (lactones) is 1. The van der Waals surface area contributed by atoms with Gasteiger partial charge in [-0.25, -0.2) is 9.18 Å². The lowest BCUT2D eigenvalue weighted by molar-refractivity contribution is -0.332. The number of esters is 1. The van der Waals surface area contributed by atoms with Crippen molar-refractivity contribution in [2.75, 3.05) is 85.6 Å². The molecule has 8 aliphatic rings. The number of carbonyl (C=O) groups excluding carboxylic acids is 2. The van der Waals surface area contributed by atoms with Crippen LogP contribution in [0, 0.1) is 23.6 Å². The molecule has 34 atom stereocenters. The zero-order chi connectivity index (χ0) is 86.4. The van der Waals surface area contributed by atoms with Crippen molar-refractivity contribution in [2.24, 2.45) is 40.7 Å². The van der Waals surface area contributed by atoms with Crippen molar-refractivity contribution < 1.29 is 138 Å². The first-order valence-corrected chi connectivity index (χ1v) is 40.3. The smallest absolute Gasteiger partial charge is 0.341 e. The summed E-state index contributed by atoms with van der Waals surface area (Å²) in [5.74, 6) is -5.18. The first kappa shape index (κ1) is 96.9. The molecule has 7 heterocycles. The number of amides is 1. The van der Waals surface area contributed by atoms with Gasteiger partial charge >= 0.3 is 11.9 Å². The Hall–Kier alpha value is -4.59. The molecule has 2 aliphatic carbocycles. The average Bonchev–Trinajstić information content (AvgIpc) is 1.42. The highest BCUT2D eigenvalue weighted by Crippen LogP contribution is 2.43. The Morgan fingerprint density at radius 3 is 1.98 bits per heavy atom. The van der Waals surface area contributed by atoms with Crippen LogP contribution in [0.15, 0.2) is 23.1 Å². The van der Waals surface area contributed by atoms with Crippen molar-refractivity contribution in [2.45, 2.75) is 315 Å². The van der Waals surface area contributed by atoms with E-state index in [0.29, 0.717) is 37.3 Å². The predicted octanol–water partition coefficient (Wildman–Crippen LogP) is -4.94. The second-order valence-electron chi connectivity index (χ2n) is 33.9. The minimum atomic E-state index is -1.80. The molecule has 2 aromatic rings. The SMILES string of the molecule is CC[C@H]1OC(=O)[C@H](C)[C@@H](O[C@H]2C[C@@](C)(OC)[C@@H](O)[C@H](C)O2)[C@H](C)[C@@H](O[C@@H]2O[C@H](C)C[C@H](N(C)C)[C@H]2O)[C@](C)(O)C[C@@H](C)CN(C)[C@H](C)[C@@H](O)[C@]1(C)O.NCC[C@H](O)C(=O)N[C@@H]1C[C@H](N)[C@@H](O[C@H]2O[C@H](CN)[C@@H](O)[C@H](O)[C@H]2O)[C@H](O)[C@H]1O[C@H]1O[C@H](CO)[C@@H](O)[C@H](N)[C@H]1O.O=C(O)c1cn(C2CC2)c2cc(N3CCNCC3)c(F)cc2c1=O. The molecular weight excluding hydrogens is 1530 g/mol. The molecule has 38 nitrogen and oxygen atoms in total. The van der Waals surface area contributed by atoms with Gasteiger partial charge in [0.2, 0.25) is 11.3 Å².